The molecule has 1 amide bonds. The van der Waals surface area contributed by atoms with Crippen molar-refractivity contribution in [2.24, 2.45) is 0 Å². The van der Waals surface area contributed by atoms with Gasteiger partial charge in [0.1, 0.15) is 24.8 Å². The van der Waals surface area contributed by atoms with Gasteiger partial charge < -0.3 is 24.3 Å². The van der Waals surface area contributed by atoms with Gasteiger partial charge >= 0.3 is 11.7 Å². The largest absolute Gasteiger partial charge is 0.459 e. The van der Waals surface area contributed by atoms with E-state index in [1.165, 1.54) is 16.8 Å². The van der Waals surface area contributed by atoms with Gasteiger partial charge in [0.25, 0.3) is 5.91 Å². The van der Waals surface area contributed by atoms with Crippen molar-refractivity contribution in [3.8, 4) is 0 Å². The second kappa shape index (κ2) is 11.5. The lowest BCUT2D eigenvalue weighted by molar-refractivity contribution is -0.162. The molecule has 37 heavy (non-hydrogen) atoms. The molecule has 0 saturated carbocycles. The summed E-state index contributed by atoms with van der Waals surface area (Å²) in [4.78, 5) is 41.7. The molecule has 2 aliphatic rings. The van der Waals surface area contributed by atoms with E-state index in [9.17, 15) is 14.4 Å². The van der Waals surface area contributed by atoms with Crippen molar-refractivity contribution in [1.29, 1.82) is 0 Å². The minimum atomic E-state index is -0.689. The molecule has 1 aromatic heterocycles. The van der Waals surface area contributed by atoms with Gasteiger partial charge in [-0.25, -0.2) is 9.59 Å². The van der Waals surface area contributed by atoms with Gasteiger partial charge in [-0.3, -0.25) is 9.36 Å². The van der Waals surface area contributed by atoms with E-state index in [1.807, 2.05) is 12.1 Å². The van der Waals surface area contributed by atoms with Gasteiger partial charge in [-0.2, -0.15) is 4.98 Å². The van der Waals surface area contributed by atoms with E-state index in [-0.39, 0.29) is 24.6 Å². The average molecular weight is 506 g/mol. The molecule has 1 N–H and O–H groups in total. The fourth-order valence-corrected chi connectivity index (χ4v) is 4.31. The number of nitrogens with one attached hydrogen (secondary N) is 1. The Labute approximate surface area is 213 Å². The van der Waals surface area contributed by atoms with Gasteiger partial charge in [-0.05, 0) is 36.8 Å². The lowest BCUT2D eigenvalue weighted by atomic mass is 10.1. The molecule has 0 bridgehead atoms. The number of anilines is 1. The highest BCUT2D eigenvalue weighted by molar-refractivity contribution is 6.03. The van der Waals surface area contributed by atoms with Crippen LogP contribution in [0.3, 0.4) is 0 Å². The molecule has 2 saturated heterocycles. The van der Waals surface area contributed by atoms with E-state index in [2.05, 4.69) is 10.3 Å². The number of rotatable bonds is 8. The Morgan fingerprint density at radius 1 is 1.03 bits per heavy atom. The van der Waals surface area contributed by atoms with Crippen molar-refractivity contribution in [3.05, 3.63) is 94.5 Å². The lowest BCUT2D eigenvalue weighted by Gasteiger charge is -2.21. The zero-order valence-corrected chi connectivity index (χ0v) is 20.0. The van der Waals surface area contributed by atoms with Crippen LogP contribution in [0.4, 0.5) is 5.82 Å². The Balaban J connectivity index is 1.27. The summed E-state index contributed by atoms with van der Waals surface area (Å²) in [6, 6.07) is 18.9. The van der Waals surface area contributed by atoms with Crippen LogP contribution in [0, 0.1) is 0 Å². The Bertz CT molecular complexity index is 1280. The number of ether oxygens (including phenoxy) is 4. The normalized spacial score (nSPS) is 23.0. The molecule has 2 fully saturated rings. The molecule has 4 atom stereocenters. The minimum absolute atomic E-state index is 0.0466. The first-order chi connectivity index (χ1) is 18.1. The van der Waals surface area contributed by atoms with Gasteiger partial charge in [-0.1, -0.05) is 36.4 Å². The summed E-state index contributed by atoms with van der Waals surface area (Å²) < 4.78 is 24.6. The van der Waals surface area contributed by atoms with Gasteiger partial charge in [0.2, 0.25) is 0 Å². The van der Waals surface area contributed by atoms with Crippen LogP contribution in [0.5, 0.6) is 0 Å². The van der Waals surface area contributed by atoms with Crippen LogP contribution in [0.15, 0.2) is 77.7 Å². The predicted octanol–water partition coefficient (Wildman–Crippen LogP) is 3.16. The van der Waals surface area contributed by atoms with Crippen molar-refractivity contribution >= 4 is 17.7 Å². The smallest absolute Gasteiger partial charge is 0.351 e. The number of hydrogen-bond acceptors (Lipinski definition) is 8. The van der Waals surface area contributed by atoms with Crippen LogP contribution in [-0.2, 0) is 18.9 Å². The molecule has 10 nitrogen and oxygen atoms in total. The van der Waals surface area contributed by atoms with Crippen molar-refractivity contribution in [2.75, 3.05) is 18.5 Å². The predicted molar refractivity (Wildman–Crippen MR) is 132 cm³/mol. The van der Waals surface area contributed by atoms with Crippen LogP contribution in [0.25, 0.3) is 0 Å². The Morgan fingerprint density at radius 3 is 2.43 bits per heavy atom. The number of aromatic nitrogens is 2. The second-order valence-electron chi connectivity index (χ2n) is 8.77. The van der Waals surface area contributed by atoms with Crippen molar-refractivity contribution in [2.45, 2.75) is 44.0 Å². The van der Waals surface area contributed by atoms with E-state index in [0.717, 1.165) is 12.8 Å². The summed E-state index contributed by atoms with van der Waals surface area (Å²) in [6.45, 7) is 0.573. The molecule has 3 aromatic rings. The van der Waals surface area contributed by atoms with E-state index < -0.39 is 30.1 Å². The zero-order valence-electron chi connectivity index (χ0n) is 20.0. The topological polar surface area (TPSA) is 118 Å². The molecule has 5 rings (SSSR count). The summed E-state index contributed by atoms with van der Waals surface area (Å²) >= 11 is 0. The maximum atomic E-state index is 12.8. The number of nitrogens with zero attached hydrogens (tertiary/aromatic N) is 2. The van der Waals surface area contributed by atoms with E-state index in [4.69, 9.17) is 18.9 Å². The fourth-order valence-electron chi connectivity index (χ4n) is 4.31. The van der Waals surface area contributed by atoms with Gasteiger partial charge in [-0.15, -0.1) is 0 Å². The first-order valence-corrected chi connectivity index (χ1v) is 12.2. The third-order valence-electron chi connectivity index (χ3n) is 6.20. The standard InChI is InChI=1S/C27H27N3O7/c31-25(18-8-3-1-4-9-18)28-22-13-14-30(27(33)29-22)23-16-20(37-24-12-7-15-34-24)21(36-23)17-35-26(32)19-10-5-2-6-11-19/h1-6,8-11,13-14,20-21,23-24H,7,12,15-17H2,(H,28,29,31,33)/t20-,21+,23+,24?/m0/s1. The molecule has 0 radical (unpaired) electrons. The molecular formula is C27H27N3O7. The van der Waals surface area contributed by atoms with Gasteiger partial charge in [0.15, 0.2) is 6.29 Å². The zero-order chi connectivity index (χ0) is 25.6. The maximum absolute atomic E-state index is 12.8. The first-order valence-electron chi connectivity index (χ1n) is 12.2. The number of amides is 1. The van der Waals surface area contributed by atoms with E-state index in [0.29, 0.717) is 24.2 Å². The van der Waals surface area contributed by atoms with Crippen LogP contribution < -0.4 is 11.0 Å². The van der Waals surface area contributed by atoms with Crippen LogP contribution in [-0.4, -0.2) is 53.1 Å². The fraction of sp³-hybridized carbons (Fsp3) is 0.333. The van der Waals surface area contributed by atoms with Crippen LogP contribution >= 0.6 is 0 Å². The summed E-state index contributed by atoms with van der Waals surface area (Å²) in [6.07, 6.45) is 1.39. The summed E-state index contributed by atoms with van der Waals surface area (Å²) in [5.74, 6) is -0.706. The van der Waals surface area contributed by atoms with Gasteiger partial charge in [0, 0.05) is 31.2 Å². The minimum Gasteiger partial charge on any atom is -0.459 e. The SMILES string of the molecule is O=C(Nc1ccn([C@H]2C[C@H](OC3CCCO3)[C@@H](COC(=O)c3ccccc3)O2)c(=O)n1)c1ccccc1. The maximum Gasteiger partial charge on any atom is 0.351 e. The summed E-state index contributed by atoms with van der Waals surface area (Å²) in [5.41, 5.74) is 0.297. The Hall–Kier alpha value is -3.86. The summed E-state index contributed by atoms with van der Waals surface area (Å²) in [5, 5.41) is 2.63. The molecule has 2 aliphatic heterocycles. The number of carbonyl (C=O) groups is 2. The number of carbonyl (C=O) groups excluding carboxylic acids is 2. The quantitative estimate of drug-likeness (QED) is 0.464. The molecule has 192 valence electrons. The highest BCUT2D eigenvalue weighted by atomic mass is 16.7. The molecule has 2 aromatic carbocycles. The second-order valence-corrected chi connectivity index (χ2v) is 8.77. The number of benzene rings is 2. The highest BCUT2D eigenvalue weighted by Gasteiger charge is 2.40. The monoisotopic (exact) mass is 505 g/mol. The first kappa shape index (κ1) is 24.8. The van der Waals surface area contributed by atoms with Crippen LogP contribution in [0.2, 0.25) is 0 Å². The third kappa shape index (κ3) is 6.11. The van der Waals surface area contributed by atoms with Crippen LogP contribution in [0.1, 0.15) is 46.2 Å². The van der Waals surface area contributed by atoms with Crippen molar-refractivity contribution in [1.82, 2.24) is 9.55 Å². The third-order valence-corrected chi connectivity index (χ3v) is 6.20. The Morgan fingerprint density at radius 2 is 1.76 bits per heavy atom. The molecule has 3 heterocycles. The van der Waals surface area contributed by atoms with Gasteiger partial charge in [0.05, 0.1) is 11.7 Å². The van der Waals surface area contributed by atoms with E-state index in [1.54, 1.807) is 48.5 Å². The molecule has 0 spiro atoms. The highest BCUT2D eigenvalue weighted by Crippen LogP contribution is 2.32. The molecular weight excluding hydrogens is 478 g/mol. The molecule has 1 unspecified atom stereocenters. The summed E-state index contributed by atoms with van der Waals surface area (Å²) in [7, 11) is 0. The van der Waals surface area contributed by atoms with Crippen molar-refractivity contribution in [3.63, 3.8) is 0 Å². The lowest BCUT2D eigenvalue weighted by Crippen LogP contribution is -2.33. The number of esters is 1. The van der Waals surface area contributed by atoms with Crippen molar-refractivity contribution < 1.29 is 28.5 Å². The average Bonchev–Trinajstić information content (AvgIpc) is 3.58. The Kier molecular flexibility index (Phi) is 7.69. The van der Waals surface area contributed by atoms with E-state index >= 15 is 0 Å². The molecule has 0 aliphatic carbocycles. The number of hydrogen-bond donors (Lipinski definition) is 1. The molecule has 10 heteroatoms.